The first kappa shape index (κ1) is 20.8. The fourth-order valence-corrected chi connectivity index (χ4v) is 3.61. The number of rotatable bonds is 4. The molecule has 0 atom stereocenters. The Morgan fingerprint density at radius 1 is 1.00 bits per heavy atom. The molecule has 0 aliphatic carbocycles. The number of hydrogen-bond acceptors (Lipinski definition) is 4. The van der Waals surface area contributed by atoms with Crippen molar-refractivity contribution in [1.29, 1.82) is 0 Å². The van der Waals surface area contributed by atoms with Crippen LogP contribution in [0.15, 0.2) is 48.7 Å². The Morgan fingerprint density at radius 3 is 2.23 bits per heavy atom. The van der Waals surface area contributed by atoms with Crippen molar-refractivity contribution >= 4 is 5.91 Å². The molecular weight excluding hydrogens is 411 g/mol. The van der Waals surface area contributed by atoms with E-state index in [1.807, 2.05) is 12.1 Å². The Kier molecular flexibility index (Phi) is 5.34. The number of amides is 1. The van der Waals surface area contributed by atoms with Crippen molar-refractivity contribution < 1.29 is 27.4 Å². The molecule has 0 spiro atoms. The van der Waals surface area contributed by atoms with Crippen LogP contribution in [0.3, 0.4) is 0 Å². The molecule has 1 aliphatic rings. The third-order valence-corrected chi connectivity index (χ3v) is 5.26. The van der Waals surface area contributed by atoms with Crippen molar-refractivity contribution in [3.63, 3.8) is 0 Å². The summed E-state index contributed by atoms with van der Waals surface area (Å²) in [5.41, 5.74) is 2.02. The van der Waals surface area contributed by atoms with Crippen LogP contribution in [0.25, 0.3) is 5.69 Å². The van der Waals surface area contributed by atoms with E-state index in [1.165, 1.54) is 6.20 Å². The van der Waals surface area contributed by atoms with Crippen LogP contribution in [-0.4, -0.2) is 41.4 Å². The highest BCUT2D eigenvalue weighted by atomic mass is 19.4. The molecule has 3 aromatic rings. The van der Waals surface area contributed by atoms with Crippen LogP contribution < -0.4 is 9.47 Å². The van der Waals surface area contributed by atoms with Gasteiger partial charge in [0.05, 0.1) is 19.9 Å². The molecule has 0 unspecified atom stereocenters. The molecule has 0 saturated heterocycles. The van der Waals surface area contributed by atoms with E-state index in [0.717, 1.165) is 21.9 Å². The van der Waals surface area contributed by atoms with Crippen molar-refractivity contribution in [2.24, 2.45) is 0 Å². The summed E-state index contributed by atoms with van der Waals surface area (Å²) in [4.78, 5) is 14.7. The lowest BCUT2D eigenvalue weighted by Crippen LogP contribution is -2.36. The van der Waals surface area contributed by atoms with E-state index in [0.29, 0.717) is 42.3 Å². The first-order valence-corrected chi connectivity index (χ1v) is 9.56. The number of nitrogens with zero attached hydrogens (tertiary/aromatic N) is 3. The third-order valence-electron chi connectivity index (χ3n) is 5.26. The lowest BCUT2D eigenvalue weighted by atomic mass is 9.98. The Morgan fingerprint density at radius 2 is 1.65 bits per heavy atom. The van der Waals surface area contributed by atoms with Gasteiger partial charge in [0.1, 0.15) is 0 Å². The van der Waals surface area contributed by atoms with E-state index in [-0.39, 0.29) is 5.91 Å². The van der Waals surface area contributed by atoms with E-state index < -0.39 is 11.9 Å². The maximum Gasteiger partial charge on any atom is 0.435 e. The van der Waals surface area contributed by atoms with Crippen LogP contribution in [-0.2, 0) is 19.1 Å². The zero-order chi connectivity index (χ0) is 22.2. The number of ether oxygens (including phenoxy) is 2. The summed E-state index contributed by atoms with van der Waals surface area (Å²) in [7, 11) is 3.15. The van der Waals surface area contributed by atoms with Gasteiger partial charge in [0.15, 0.2) is 17.2 Å². The topological polar surface area (TPSA) is 56.6 Å². The molecule has 31 heavy (non-hydrogen) atoms. The van der Waals surface area contributed by atoms with Gasteiger partial charge in [0.25, 0.3) is 5.91 Å². The summed E-state index contributed by atoms with van der Waals surface area (Å²) in [6.07, 6.45) is -2.58. The number of benzene rings is 2. The minimum Gasteiger partial charge on any atom is -0.493 e. The number of fused-ring (bicyclic) bond motifs is 1. The van der Waals surface area contributed by atoms with Gasteiger partial charge in [-0.3, -0.25) is 4.79 Å². The molecule has 1 amide bonds. The quantitative estimate of drug-likeness (QED) is 0.624. The SMILES string of the molecule is COc1cc2c(cc1OC)CN(C(=O)c1ccc(-n3ccc(C(F)(F)F)n3)cc1)CC2. The lowest BCUT2D eigenvalue weighted by Gasteiger charge is -2.29. The molecule has 2 aromatic carbocycles. The highest BCUT2D eigenvalue weighted by molar-refractivity contribution is 5.94. The summed E-state index contributed by atoms with van der Waals surface area (Å²) in [5.74, 6) is 1.12. The predicted octanol–water partition coefficient (Wildman–Crippen LogP) is 4.11. The molecule has 0 radical (unpaired) electrons. The minimum atomic E-state index is -4.50. The first-order chi connectivity index (χ1) is 14.8. The second-order valence-corrected chi connectivity index (χ2v) is 7.14. The van der Waals surface area contributed by atoms with Crippen molar-refractivity contribution in [2.45, 2.75) is 19.1 Å². The van der Waals surface area contributed by atoms with E-state index in [2.05, 4.69) is 5.10 Å². The van der Waals surface area contributed by atoms with Crippen LogP contribution in [0.2, 0.25) is 0 Å². The van der Waals surface area contributed by atoms with Crippen molar-refractivity contribution in [1.82, 2.24) is 14.7 Å². The second kappa shape index (κ2) is 7.98. The Hall–Kier alpha value is -3.49. The molecule has 9 heteroatoms. The largest absolute Gasteiger partial charge is 0.493 e. The summed E-state index contributed by atoms with van der Waals surface area (Å²) in [6.45, 7) is 0.988. The van der Waals surface area contributed by atoms with Crippen LogP contribution in [0.4, 0.5) is 13.2 Å². The molecule has 0 saturated carbocycles. The molecule has 0 N–H and O–H groups in total. The van der Waals surface area contributed by atoms with Crippen LogP contribution >= 0.6 is 0 Å². The Bertz CT molecular complexity index is 1110. The van der Waals surface area contributed by atoms with Crippen LogP contribution in [0, 0.1) is 0 Å². The molecule has 4 rings (SSSR count). The number of carbonyl (C=O) groups is 1. The third kappa shape index (κ3) is 4.08. The number of carbonyl (C=O) groups excluding carboxylic acids is 1. The van der Waals surface area contributed by atoms with Gasteiger partial charge in [-0.15, -0.1) is 0 Å². The Balaban J connectivity index is 1.51. The van der Waals surface area contributed by atoms with Gasteiger partial charge in [-0.1, -0.05) is 0 Å². The monoisotopic (exact) mass is 431 g/mol. The second-order valence-electron chi connectivity index (χ2n) is 7.14. The average molecular weight is 431 g/mol. The van der Waals surface area contributed by atoms with Gasteiger partial charge in [-0.05, 0) is 60.0 Å². The first-order valence-electron chi connectivity index (χ1n) is 9.56. The fourth-order valence-electron chi connectivity index (χ4n) is 3.61. The van der Waals surface area contributed by atoms with Crippen LogP contribution in [0.5, 0.6) is 11.5 Å². The zero-order valence-corrected chi connectivity index (χ0v) is 16.9. The zero-order valence-electron chi connectivity index (χ0n) is 16.9. The highest BCUT2D eigenvalue weighted by Gasteiger charge is 2.33. The maximum atomic E-state index is 13.0. The van der Waals surface area contributed by atoms with Gasteiger partial charge in [0, 0.05) is 24.8 Å². The van der Waals surface area contributed by atoms with Gasteiger partial charge < -0.3 is 14.4 Å². The standard InChI is InChI=1S/C22H20F3N3O3/c1-30-18-11-15-7-9-27(13-16(15)12-19(18)31-2)21(29)14-3-5-17(6-4-14)28-10-8-20(26-28)22(23,24)25/h3-6,8,10-12H,7,9,13H2,1-2H3. The van der Waals surface area contributed by atoms with E-state index in [1.54, 1.807) is 43.4 Å². The van der Waals surface area contributed by atoms with Gasteiger partial charge in [-0.2, -0.15) is 18.3 Å². The normalized spacial score (nSPS) is 13.6. The van der Waals surface area contributed by atoms with Crippen molar-refractivity contribution in [2.75, 3.05) is 20.8 Å². The van der Waals surface area contributed by atoms with Gasteiger partial charge in [-0.25, -0.2) is 4.68 Å². The van der Waals surface area contributed by atoms with Crippen molar-refractivity contribution in [3.8, 4) is 17.2 Å². The van der Waals surface area contributed by atoms with Gasteiger partial charge >= 0.3 is 6.18 Å². The summed E-state index contributed by atoms with van der Waals surface area (Å²) < 4.78 is 50.1. The number of aromatic nitrogens is 2. The molecule has 0 fully saturated rings. The molecule has 1 aromatic heterocycles. The van der Waals surface area contributed by atoms with E-state index >= 15 is 0 Å². The summed E-state index contributed by atoms with van der Waals surface area (Å²) in [6, 6.07) is 11.1. The molecule has 0 bridgehead atoms. The molecule has 2 heterocycles. The minimum absolute atomic E-state index is 0.150. The van der Waals surface area contributed by atoms with E-state index in [4.69, 9.17) is 9.47 Å². The number of hydrogen-bond donors (Lipinski definition) is 0. The molecular formula is C22H20F3N3O3. The van der Waals surface area contributed by atoms with Crippen molar-refractivity contribution in [3.05, 3.63) is 71.0 Å². The van der Waals surface area contributed by atoms with Gasteiger partial charge in [0.2, 0.25) is 0 Å². The smallest absolute Gasteiger partial charge is 0.435 e. The van der Waals surface area contributed by atoms with Crippen LogP contribution in [0.1, 0.15) is 27.2 Å². The maximum absolute atomic E-state index is 13.0. The number of methoxy groups -OCH3 is 2. The summed E-state index contributed by atoms with van der Waals surface area (Å²) >= 11 is 0. The average Bonchev–Trinajstić information content (AvgIpc) is 3.28. The molecule has 6 nitrogen and oxygen atoms in total. The Labute approximate surface area is 176 Å². The molecule has 1 aliphatic heterocycles. The van der Waals surface area contributed by atoms with E-state index in [9.17, 15) is 18.0 Å². The number of halogens is 3. The predicted molar refractivity (Wildman–Crippen MR) is 107 cm³/mol. The molecule has 162 valence electrons. The fraction of sp³-hybridized carbons (Fsp3) is 0.273. The highest BCUT2D eigenvalue weighted by Crippen LogP contribution is 2.33. The summed E-state index contributed by atoms with van der Waals surface area (Å²) in [5, 5.41) is 3.55. The number of alkyl halides is 3. The lowest BCUT2D eigenvalue weighted by molar-refractivity contribution is -0.141.